The highest BCUT2D eigenvalue weighted by atomic mass is 16.5. The fraction of sp³-hybridized carbons (Fsp3) is 0.600. The van der Waals surface area contributed by atoms with Gasteiger partial charge in [-0.05, 0) is 50.6 Å². The smallest absolute Gasteiger partial charge is 0.160 e. The number of hydrogen-bond donors (Lipinski definition) is 1. The third kappa shape index (κ3) is 2.69. The van der Waals surface area contributed by atoms with Crippen molar-refractivity contribution in [2.45, 2.75) is 24.8 Å². The molecule has 2 N–H and O–H groups in total. The van der Waals surface area contributed by atoms with Crippen LogP contribution < -0.4 is 15.2 Å². The predicted octanol–water partition coefficient (Wildman–Crippen LogP) is 1.67. The molecule has 19 heavy (non-hydrogen) atoms. The predicted molar refractivity (Wildman–Crippen MR) is 76.9 cm³/mol. The van der Waals surface area contributed by atoms with Crippen LogP contribution in [0.2, 0.25) is 0 Å². The van der Waals surface area contributed by atoms with Crippen molar-refractivity contribution in [1.29, 1.82) is 0 Å². The van der Waals surface area contributed by atoms with Crippen molar-refractivity contribution in [3.63, 3.8) is 0 Å². The summed E-state index contributed by atoms with van der Waals surface area (Å²) in [7, 11) is 5.49. The first-order valence-electron chi connectivity index (χ1n) is 6.77. The van der Waals surface area contributed by atoms with Gasteiger partial charge in [0.2, 0.25) is 0 Å². The highest BCUT2D eigenvalue weighted by Gasteiger charge is 2.37. The van der Waals surface area contributed by atoms with Gasteiger partial charge in [0.15, 0.2) is 11.5 Å². The summed E-state index contributed by atoms with van der Waals surface area (Å²) in [6.07, 6.45) is 3.34. The van der Waals surface area contributed by atoms with Gasteiger partial charge in [-0.15, -0.1) is 0 Å². The highest BCUT2D eigenvalue weighted by Crippen LogP contribution is 2.33. The molecule has 1 aromatic rings. The molecule has 0 aromatic heterocycles. The largest absolute Gasteiger partial charge is 0.493 e. The van der Waals surface area contributed by atoms with Gasteiger partial charge in [0.25, 0.3) is 0 Å². The molecular formula is C15H24N2O2. The van der Waals surface area contributed by atoms with Gasteiger partial charge in [-0.3, -0.25) is 4.90 Å². The third-order valence-electron chi connectivity index (χ3n) is 4.31. The van der Waals surface area contributed by atoms with Crippen molar-refractivity contribution in [3.8, 4) is 11.5 Å². The summed E-state index contributed by atoms with van der Waals surface area (Å²) >= 11 is 0. The fourth-order valence-corrected chi connectivity index (χ4v) is 3.00. The molecule has 2 rings (SSSR count). The summed E-state index contributed by atoms with van der Waals surface area (Å²) in [6, 6.07) is 6.13. The first-order valence-corrected chi connectivity index (χ1v) is 6.77. The Morgan fingerprint density at radius 2 is 2.00 bits per heavy atom. The SMILES string of the molecule is COc1ccc(CC2(CN)CCCN2C)cc1OC. The van der Waals surface area contributed by atoms with Gasteiger partial charge in [0.05, 0.1) is 14.2 Å². The van der Waals surface area contributed by atoms with E-state index in [-0.39, 0.29) is 5.54 Å². The molecule has 0 radical (unpaired) electrons. The monoisotopic (exact) mass is 264 g/mol. The molecule has 1 fully saturated rings. The molecule has 4 heteroatoms. The van der Waals surface area contributed by atoms with Crippen molar-refractivity contribution in [2.75, 3.05) is 34.4 Å². The van der Waals surface area contributed by atoms with Crippen molar-refractivity contribution in [1.82, 2.24) is 4.90 Å². The first kappa shape index (κ1) is 14.2. The van der Waals surface area contributed by atoms with E-state index in [2.05, 4.69) is 24.1 Å². The quantitative estimate of drug-likeness (QED) is 0.879. The van der Waals surface area contributed by atoms with Gasteiger partial charge in [-0.1, -0.05) is 6.07 Å². The molecule has 0 spiro atoms. The molecule has 1 heterocycles. The number of benzene rings is 1. The Labute approximate surface area is 115 Å². The zero-order valence-corrected chi connectivity index (χ0v) is 12.1. The Hall–Kier alpha value is -1.26. The molecule has 0 bridgehead atoms. The van der Waals surface area contributed by atoms with Crippen LogP contribution in [0.25, 0.3) is 0 Å². The summed E-state index contributed by atoms with van der Waals surface area (Å²) in [5.74, 6) is 1.56. The summed E-state index contributed by atoms with van der Waals surface area (Å²) < 4.78 is 10.6. The van der Waals surface area contributed by atoms with Gasteiger partial charge in [0.1, 0.15) is 0 Å². The molecule has 1 aliphatic rings. The second-order valence-electron chi connectivity index (χ2n) is 5.32. The lowest BCUT2D eigenvalue weighted by Crippen LogP contribution is -2.49. The number of ether oxygens (including phenoxy) is 2. The van der Waals surface area contributed by atoms with E-state index in [4.69, 9.17) is 15.2 Å². The molecule has 1 saturated heterocycles. The van der Waals surface area contributed by atoms with Gasteiger partial charge in [-0.25, -0.2) is 0 Å². The second-order valence-corrected chi connectivity index (χ2v) is 5.32. The average Bonchev–Trinajstić information content (AvgIpc) is 2.80. The Kier molecular flexibility index (Phi) is 4.32. The number of hydrogen-bond acceptors (Lipinski definition) is 4. The van der Waals surface area contributed by atoms with Crippen LogP contribution in [-0.2, 0) is 6.42 Å². The maximum absolute atomic E-state index is 6.04. The van der Waals surface area contributed by atoms with Crippen molar-refractivity contribution in [2.24, 2.45) is 5.73 Å². The Bertz CT molecular complexity index is 436. The van der Waals surface area contributed by atoms with Gasteiger partial charge in [0, 0.05) is 12.1 Å². The van der Waals surface area contributed by atoms with Crippen LogP contribution in [0.3, 0.4) is 0 Å². The van der Waals surface area contributed by atoms with E-state index in [0.29, 0.717) is 6.54 Å². The molecule has 0 amide bonds. The summed E-state index contributed by atoms with van der Waals surface area (Å²) in [4.78, 5) is 2.39. The molecule has 1 atom stereocenters. The van der Waals surface area contributed by atoms with Crippen molar-refractivity contribution in [3.05, 3.63) is 23.8 Å². The molecule has 106 valence electrons. The highest BCUT2D eigenvalue weighted by molar-refractivity contribution is 5.43. The van der Waals surface area contributed by atoms with Crippen LogP contribution in [0.15, 0.2) is 18.2 Å². The maximum atomic E-state index is 6.04. The maximum Gasteiger partial charge on any atom is 0.160 e. The van der Waals surface area contributed by atoms with Gasteiger partial charge < -0.3 is 15.2 Å². The molecule has 1 unspecified atom stereocenters. The van der Waals surface area contributed by atoms with Gasteiger partial charge in [-0.2, -0.15) is 0 Å². The normalized spacial score (nSPS) is 23.6. The summed E-state index contributed by atoms with van der Waals surface area (Å²) in [5, 5.41) is 0. The third-order valence-corrected chi connectivity index (χ3v) is 4.31. The number of nitrogens with zero attached hydrogens (tertiary/aromatic N) is 1. The fourth-order valence-electron chi connectivity index (χ4n) is 3.00. The van der Waals surface area contributed by atoms with Crippen LogP contribution in [0.4, 0.5) is 0 Å². The van der Waals surface area contributed by atoms with Crippen molar-refractivity contribution >= 4 is 0 Å². The number of nitrogens with two attached hydrogens (primary N) is 1. The van der Waals surface area contributed by atoms with E-state index in [0.717, 1.165) is 30.9 Å². The van der Waals surface area contributed by atoms with E-state index in [9.17, 15) is 0 Å². The molecule has 1 aromatic carbocycles. The summed E-state index contributed by atoms with van der Waals surface area (Å²) in [6.45, 7) is 1.82. The van der Waals surface area contributed by atoms with Crippen LogP contribution in [0.5, 0.6) is 11.5 Å². The molecule has 1 aliphatic heterocycles. The molecule has 4 nitrogen and oxygen atoms in total. The zero-order chi connectivity index (χ0) is 13.9. The molecular weight excluding hydrogens is 240 g/mol. The summed E-state index contributed by atoms with van der Waals surface area (Å²) in [5.41, 5.74) is 7.38. The van der Waals surface area contributed by atoms with Gasteiger partial charge >= 0.3 is 0 Å². The zero-order valence-electron chi connectivity index (χ0n) is 12.1. The Morgan fingerprint density at radius 1 is 1.26 bits per heavy atom. The topological polar surface area (TPSA) is 47.7 Å². The van der Waals surface area contributed by atoms with E-state index >= 15 is 0 Å². The minimum absolute atomic E-state index is 0.0968. The second kappa shape index (κ2) is 5.80. The minimum Gasteiger partial charge on any atom is -0.493 e. The standard InChI is InChI=1S/C15H24N2O2/c1-17-8-4-7-15(17,11-16)10-12-5-6-13(18-2)14(9-12)19-3/h5-6,9H,4,7-8,10-11,16H2,1-3H3. The van der Waals surface area contributed by atoms with E-state index in [1.165, 1.54) is 12.0 Å². The lowest BCUT2D eigenvalue weighted by Gasteiger charge is -2.35. The average molecular weight is 264 g/mol. The van der Waals surface area contributed by atoms with Crippen LogP contribution in [0, 0.1) is 0 Å². The Balaban J connectivity index is 2.23. The first-order chi connectivity index (χ1) is 9.15. The number of likely N-dealkylation sites (tertiary alicyclic amines) is 1. The number of rotatable bonds is 5. The lowest BCUT2D eigenvalue weighted by atomic mass is 9.88. The van der Waals surface area contributed by atoms with E-state index in [1.54, 1.807) is 14.2 Å². The Morgan fingerprint density at radius 3 is 2.53 bits per heavy atom. The van der Waals surface area contributed by atoms with Crippen LogP contribution >= 0.6 is 0 Å². The van der Waals surface area contributed by atoms with Crippen LogP contribution in [-0.4, -0.2) is 44.8 Å². The van der Waals surface area contributed by atoms with Crippen molar-refractivity contribution < 1.29 is 9.47 Å². The van der Waals surface area contributed by atoms with Crippen LogP contribution in [0.1, 0.15) is 18.4 Å². The number of methoxy groups -OCH3 is 2. The molecule has 0 aliphatic carbocycles. The number of likely N-dealkylation sites (N-methyl/N-ethyl adjacent to an activating group) is 1. The van der Waals surface area contributed by atoms with E-state index < -0.39 is 0 Å². The minimum atomic E-state index is 0.0968. The van der Waals surface area contributed by atoms with E-state index in [1.807, 2.05) is 6.07 Å². The lowest BCUT2D eigenvalue weighted by molar-refractivity contribution is 0.181. The molecule has 0 saturated carbocycles.